The number of hydrogen-bond acceptors (Lipinski definition) is 4. The molecule has 0 aromatic heterocycles. The summed E-state index contributed by atoms with van der Waals surface area (Å²) in [4.78, 5) is -0.414. The van der Waals surface area contributed by atoms with Crippen molar-refractivity contribution in [2.75, 3.05) is 0 Å². The van der Waals surface area contributed by atoms with Gasteiger partial charge in [-0.25, -0.2) is 26.7 Å². The van der Waals surface area contributed by atoms with Gasteiger partial charge in [0.15, 0.2) is 0 Å². The van der Waals surface area contributed by atoms with Crippen LogP contribution in [-0.2, 0) is 26.5 Å². The SMILES string of the molecule is NS(=O)(=O)c1cccc(S(=O)(=O)N[C@@H](Cc2ccccc2)c2ccccc2)c1. The standard InChI is InChI=1S/C20H20N2O4S2/c21-27(23,24)18-12-7-13-19(15-18)28(25,26)22-20(17-10-5-2-6-11-17)14-16-8-3-1-4-9-16/h1-13,15,20,22H,14H2,(H2,21,23,24)/t20-/m0/s1. The summed E-state index contributed by atoms with van der Waals surface area (Å²) in [5.41, 5.74) is 1.77. The molecule has 0 saturated carbocycles. The van der Waals surface area contributed by atoms with Crippen molar-refractivity contribution in [2.45, 2.75) is 22.3 Å². The van der Waals surface area contributed by atoms with E-state index in [1.54, 1.807) is 0 Å². The van der Waals surface area contributed by atoms with Gasteiger partial charge in [0.1, 0.15) is 0 Å². The van der Waals surface area contributed by atoms with Crippen molar-refractivity contribution in [1.82, 2.24) is 4.72 Å². The third kappa shape index (κ3) is 5.05. The molecular weight excluding hydrogens is 396 g/mol. The molecule has 0 fully saturated rings. The van der Waals surface area contributed by atoms with E-state index in [1.165, 1.54) is 18.2 Å². The van der Waals surface area contributed by atoms with Gasteiger partial charge in [-0.05, 0) is 35.7 Å². The second-order valence-corrected chi connectivity index (χ2v) is 9.57. The molecule has 0 aliphatic heterocycles. The summed E-state index contributed by atoms with van der Waals surface area (Å²) in [5.74, 6) is 0. The maximum absolute atomic E-state index is 12.9. The highest BCUT2D eigenvalue weighted by Crippen LogP contribution is 2.22. The molecule has 28 heavy (non-hydrogen) atoms. The van der Waals surface area contributed by atoms with Crippen molar-refractivity contribution in [3.63, 3.8) is 0 Å². The lowest BCUT2D eigenvalue weighted by Crippen LogP contribution is -2.30. The molecule has 0 radical (unpaired) electrons. The summed E-state index contributed by atoms with van der Waals surface area (Å²) < 4.78 is 51.7. The van der Waals surface area contributed by atoms with Crippen LogP contribution in [0.3, 0.4) is 0 Å². The Kier molecular flexibility index (Phi) is 5.95. The molecular formula is C20H20N2O4S2. The Labute approximate surface area is 165 Å². The van der Waals surface area contributed by atoms with Gasteiger partial charge in [0.2, 0.25) is 20.0 Å². The van der Waals surface area contributed by atoms with E-state index in [0.29, 0.717) is 6.42 Å². The van der Waals surface area contributed by atoms with E-state index < -0.39 is 26.1 Å². The van der Waals surface area contributed by atoms with E-state index in [2.05, 4.69) is 4.72 Å². The lowest BCUT2D eigenvalue weighted by molar-refractivity contribution is 0.554. The first-order valence-corrected chi connectivity index (χ1v) is 11.5. The van der Waals surface area contributed by atoms with Gasteiger partial charge in [-0.2, -0.15) is 0 Å². The molecule has 0 heterocycles. The van der Waals surface area contributed by atoms with Crippen molar-refractivity contribution in [2.24, 2.45) is 5.14 Å². The highest BCUT2D eigenvalue weighted by Gasteiger charge is 2.23. The van der Waals surface area contributed by atoms with Crippen LogP contribution in [0, 0.1) is 0 Å². The minimum absolute atomic E-state index is 0.159. The Bertz CT molecular complexity index is 1150. The molecule has 3 rings (SSSR count). The molecule has 0 aliphatic rings. The van der Waals surface area contributed by atoms with Crippen molar-refractivity contribution >= 4 is 20.0 Å². The van der Waals surface area contributed by atoms with Crippen LogP contribution in [-0.4, -0.2) is 16.8 Å². The van der Waals surface area contributed by atoms with Crippen LogP contribution in [0.4, 0.5) is 0 Å². The largest absolute Gasteiger partial charge is 0.241 e. The van der Waals surface area contributed by atoms with Crippen LogP contribution in [0.25, 0.3) is 0 Å². The number of primary sulfonamides is 1. The fourth-order valence-corrected chi connectivity index (χ4v) is 4.74. The van der Waals surface area contributed by atoms with Crippen LogP contribution >= 0.6 is 0 Å². The average molecular weight is 417 g/mol. The smallest absolute Gasteiger partial charge is 0.225 e. The highest BCUT2D eigenvalue weighted by atomic mass is 32.2. The van der Waals surface area contributed by atoms with Gasteiger partial charge in [0, 0.05) is 0 Å². The predicted octanol–water partition coefficient (Wildman–Crippen LogP) is 2.60. The number of nitrogens with two attached hydrogens (primary N) is 1. The maximum atomic E-state index is 12.9. The Balaban J connectivity index is 1.96. The molecule has 6 nitrogen and oxygen atoms in total. The Morgan fingerprint density at radius 3 is 1.93 bits per heavy atom. The summed E-state index contributed by atoms with van der Waals surface area (Å²) >= 11 is 0. The molecule has 8 heteroatoms. The normalized spacial score (nSPS) is 13.2. The number of hydrogen-bond donors (Lipinski definition) is 2. The van der Waals surface area contributed by atoms with E-state index in [9.17, 15) is 16.8 Å². The van der Waals surface area contributed by atoms with Crippen molar-refractivity contribution in [3.05, 3.63) is 96.1 Å². The summed E-state index contributed by atoms with van der Waals surface area (Å²) in [6.45, 7) is 0. The first-order chi connectivity index (χ1) is 13.3. The molecule has 3 aromatic carbocycles. The van der Waals surface area contributed by atoms with Crippen LogP contribution in [0.5, 0.6) is 0 Å². The maximum Gasteiger partial charge on any atom is 0.241 e. The fraction of sp³-hybridized carbons (Fsp3) is 0.100. The second kappa shape index (κ2) is 8.24. The Morgan fingerprint density at radius 1 is 0.750 bits per heavy atom. The van der Waals surface area contributed by atoms with E-state index in [4.69, 9.17) is 5.14 Å². The molecule has 0 aliphatic carbocycles. The number of sulfonamides is 2. The van der Waals surface area contributed by atoms with E-state index in [-0.39, 0.29) is 9.79 Å². The van der Waals surface area contributed by atoms with Gasteiger partial charge in [0.25, 0.3) is 0 Å². The van der Waals surface area contributed by atoms with Gasteiger partial charge in [-0.15, -0.1) is 0 Å². The number of benzene rings is 3. The van der Waals surface area contributed by atoms with Crippen LogP contribution < -0.4 is 9.86 Å². The lowest BCUT2D eigenvalue weighted by atomic mass is 10.00. The zero-order chi connectivity index (χ0) is 20.2. The van der Waals surface area contributed by atoms with Crippen LogP contribution in [0.1, 0.15) is 17.2 Å². The van der Waals surface area contributed by atoms with Gasteiger partial charge in [-0.1, -0.05) is 66.7 Å². The summed E-state index contributed by atoms with van der Waals surface area (Å²) in [6.07, 6.45) is 0.443. The monoisotopic (exact) mass is 416 g/mol. The first kappa shape index (κ1) is 20.2. The second-order valence-electron chi connectivity index (χ2n) is 6.29. The van der Waals surface area contributed by atoms with Gasteiger partial charge in [-0.3, -0.25) is 0 Å². The average Bonchev–Trinajstić information content (AvgIpc) is 2.68. The third-order valence-corrected chi connectivity index (χ3v) is 6.61. The van der Waals surface area contributed by atoms with E-state index in [1.807, 2.05) is 60.7 Å². The van der Waals surface area contributed by atoms with Crippen molar-refractivity contribution in [1.29, 1.82) is 0 Å². The molecule has 3 N–H and O–H groups in total. The zero-order valence-electron chi connectivity index (χ0n) is 14.9. The van der Waals surface area contributed by atoms with Crippen LogP contribution in [0.15, 0.2) is 94.7 Å². The summed E-state index contributed by atoms with van der Waals surface area (Å²) in [6, 6.07) is 23.2. The number of rotatable bonds is 7. The predicted molar refractivity (Wildman–Crippen MR) is 107 cm³/mol. The molecule has 0 unspecified atom stereocenters. The van der Waals surface area contributed by atoms with E-state index in [0.717, 1.165) is 17.2 Å². The van der Waals surface area contributed by atoms with Crippen molar-refractivity contribution < 1.29 is 16.8 Å². The minimum Gasteiger partial charge on any atom is -0.225 e. The van der Waals surface area contributed by atoms with Crippen LogP contribution in [0.2, 0.25) is 0 Å². The highest BCUT2D eigenvalue weighted by molar-refractivity contribution is 7.90. The first-order valence-electron chi connectivity index (χ1n) is 8.50. The Morgan fingerprint density at radius 2 is 1.32 bits per heavy atom. The summed E-state index contributed by atoms with van der Waals surface area (Å²) in [7, 11) is -7.99. The molecule has 0 amide bonds. The fourth-order valence-electron chi connectivity index (χ4n) is 2.84. The topological polar surface area (TPSA) is 106 Å². The molecule has 0 saturated heterocycles. The van der Waals surface area contributed by atoms with Gasteiger partial charge < -0.3 is 0 Å². The van der Waals surface area contributed by atoms with Crippen molar-refractivity contribution in [3.8, 4) is 0 Å². The quantitative estimate of drug-likeness (QED) is 0.617. The molecule has 0 bridgehead atoms. The Hall–Kier alpha value is -2.52. The minimum atomic E-state index is -4.01. The molecule has 0 spiro atoms. The lowest BCUT2D eigenvalue weighted by Gasteiger charge is -2.20. The molecule has 3 aromatic rings. The van der Waals surface area contributed by atoms with Gasteiger partial charge >= 0.3 is 0 Å². The van der Waals surface area contributed by atoms with Gasteiger partial charge in [0.05, 0.1) is 15.8 Å². The van der Waals surface area contributed by atoms with E-state index >= 15 is 0 Å². The molecule has 146 valence electrons. The molecule has 1 atom stereocenters. The zero-order valence-corrected chi connectivity index (χ0v) is 16.5. The summed E-state index contributed by atoms with van der Waals surface area (Å²) in [5, 5.41) is 5.12. The third-order valence-electron chi connectivity index (χ3n) is 4.23. The number of nitrogens with one attached hydrogen (secondary N) is 1.